The number of carbonyl (C=O) groups is 3. The third-order valence-corrected chi connectivity index (χ3v) is 4.15. The number of hydrogen-bond donors (Lipinski definition) is 1. The van der Waals surface area contributed by atoms with E-state index in [1.54, 1.807) is 4.90 Å². The van der Waals surface area contributed by atoms with Gasteiger partial charge in [-0.1, -0.05) is 30.3 Å². The number of hydrogen-bond acceptors (Lipinski definition) is 5. The maximum absolute atomic E-state index is 12.2. The second-order valence-corrected chi connectivity index (χ2v) is 5.90. The zero-order valence-electron chi connectivity index (χ0n) is 14.1. The molecule has 1 aromatic carbocycles. The number of esters is 1. The van der Waals surface area contributed by atoms with E-state index in [1.807, 2.05) is 43.3 Å². The predicted molar refractivity (Wildman–Crippen MR) is 88.9 cm³/mol. The molecule has 7 heteroatoms. The van der Waals surface area contributed by atoms with Crippen LogP contribution in [0.4, 0.5) is 0 Å². The van der Waals surface area contributed by atoms with Gasteiger partial charge >= 0.3 is 5.97 Å². The average molecular weight is 343 g/mol. The van der Waals surface area contributed by atoms with Crippen LogP contribution in [0.3, 0.4) is 0 Å². The molecule has 2 atom stereocenters. The van der Waals surface area contributed by atoms with Crippen molar-refractivity contribution in [2.45, 2.75) is 25.8 Å². The Bertz CT molecular complexity index is 669. The zero-order chi connectivity index (χ0) is 18.2. The number of nitrogens with zero attached hydrogens (tertiary/aromatic N) is 2. The van der Waals surface area contributed by atoms with E-state index >= 15 is 0 Å². The largest absolute Gasteiger partial charge is 0.455 e. The summed E-state index contributed by atoms with van der Waals surface area (Å²) < 4.78 is 4.99. The molecule has 0 bridgehead atoms. The molecule has 0 aliphatic carbocycles. The lowest BCUT2D eigenvalue weighted by Gasteiger charge is -2.25. The molecule has 2 rings (SSSR count). The van der Waals surface area contributed by atoms with Crippen LogP contribution < -0.4 is 5.32 Å². The molecule has 7 nitrogen and oxygen atoms in total. The van der Waals surface area contributed by atoms with E-state index < -0.39 is 24.4 Å². The standard InChI is InChI=1S/C18H21N3O4/c1-13(14-6-3-2-4-7-14)21-11-15(10-17(21)23)18(24)25-12-16(22)20-9-5-8-19/h2-4,6-7,13,15H,5,9-12H2,1H3,(H,20,22)/t13-,15+/m0/s1. The molecule has 1 aliphatic rings. The number of rotatable bonds is 7. The molecule has 0 radical (unpaired) electrons. The normalized spacial score (nSPS) is 17.7. The summed E-state index contributed by atoms with van der Waals surface area (Å²) in [5.41, 5.74) is 1.00. The topological polar surface area (TPSA) is 99.5 Å². The molecule has 132 valence electrons. The van der Waals surface area contributed by atoms with Gasteiger partial charge in [0.2, 0.25) is 5.91 Å². The first-order chi connectivity index (χ1) is 12.0. The van der Waals surface area contributed by atoms with E-state index in [1.165, 1.54) is 0 Å². The highest BCUT2D eigenvalue weighted by atomic mass is 16.5. The van der Waals surface area contributed by atoms with Gasteiger partial charge in [-0.25, -0.2) is 0 Å². The van der Waals surface area contributed by atoms with Crippen LogP contribution in [0, 0.1) is 17.2 Å². The number of nitrogens with one attached hydrogen (secondary N) is 1. The quantitative estimate of drug-likeness (QED) is 0.592. The minimum absolute atomic E-state index is 0.0893. The summed E-state index contributed by atoms with van der Waals surface area (Å²) in [6, 6.07) is 11.4. The lowest BCUT2D eigenvalue weighted by molar-refractivity contribution is -0.152. The fraction of sp³-hybridized carbons (Fsp3) is 0.444. The molecule has 25 heavy (non-hydrogen) atoms. The molecule has 1 saturated heterocycles. The zero-order valence-corrected chi connectivity index (χ0v) is 14.1. The second kappa shape index (κ2) is 8.83. The Balaban J connectivity index is 1.84. The molecule has 1 aromatic rings. The molecule has 0 saturated carbocycles. The third-order valence-electron chi connectivity index (χ3n) is 4.15. The number of benzene rings is 1. The van der Waals surface area contributed by atoms with Gasteiger partial charge in [-0.2, -0.15) is 5.26 Å². The van der Waals surface area contributed by atoms with Gasteiger partial charge < -0.3 is 15.0 Å². The number of amides is 2. The van der Waals surface area contributed by atoms with Gasteiger partial charge in [0.25, 0.3) is 5.91 Å². The summed E-state index contributed by atoms with van der Waals surface area (Å²) in [5.74, 6) is -1.67. The Hall–Kier alpha value is -2.88. The monoisotopic (exact) mass is 343 g/mol. The van der Waals surface area contributed by atoms with Crippen molar-refractivity contribution < 1.29 is 19.1 Å². The fourth-order valence-electron chi connectivity index (χ4n) is 2.74. The third kappa shape index (κ3) is 5.05. The second-order valence-electron chi connectivity index (χ2n) is 5.90. The SMILES string of the molecule is C[C@@H](c1ccccc1)N1C[C@H](C(=O)OCC(=O)NCCC#N)CC1=O. The van der Waals surface area contributed by atoms with Gasteiger partial charge in [0, 0.05) is 19.5 Å². The van der Waals surface area contributed by atoms with Crippen LogP contribution in [0.2, 0.25) is 0 Å². The van der Waals surface area contributed by atoms with Crippen LogP contribution >= 0.6 is 0 Å². The molecule has 0 unspecified atom stereocenters. The van der Waals surface area contributed by atoms with E-state index in [9.17, 15) is 14.4 Å². The molecule has 1 fully saturated rings. The van der Waals surface area contributed by atoms with Crippen LogP contribution in [0.25, 0.3) is 0 Å². The molecule has 1 N–H and O–H groups in total. The molecule has 1 heterocycles. The first kappa shape index (κ1) is 18.5. The molecule has 1 aliphatic heterocycles. The van der Waals surface area contributed by atoms with Crippen LogP contribution in [0.1, 0.15) is 31.4 Å². The van der Waals surface area contributed by atoms with Crippen LogP contribution in [0.15, 0.2) is 30.3 Å². The van der Waals surface area contributed by atoms with Gasteiger partial charge in [-0.15, -0.1) is 0 Å². The van der Waals surface area contributed by atoms with Gasteiger partial charge in [0.15, 0.2) is 6.61 Å². The van der Waals surface area contributed by atoms with Crippen molar-refractivity contribution in [2.24, 2.45) is 5.92 Å². The summed E-state index contributed by atoms with van der Waals surface area (Å²) in [6.07, 6.45) is 0.287. The van der Waals surface area contributed by atoms with Crippen molar-refractivity contribution in [2.75, 3.05) is 19.7 Å². The lowest BCUT2D eigenvalue weighted by atomic mass is 10.1. The molecule has 0 aromatic heterocycles. The maximum atomic E-state index is 12.2. The van der Waals surface area contributed by atoms with Crippen molar-refractivity contribution in [3.8, 4) is 6.07 Å². The number of nitriles is 1. The van der Waals surface area contributed by atoms with Gasteiger partial charge in [0.1, 0.15) is 0 Å². The Labute approximate surface area is 146 Å². The summed E-state index contributed by atoms with van der Waals surface area (Å²) in [6.45, 7) is 2.02. The lowest BCUT2D eigenvalue weighted by Crippen LogP contribution is -2.32. The predicted octanol–water partition coefficient (Wildman–Crippen LogP) is 1.17. The Morgan fingerprint density at radius 2 is 2.12 bits per heavy atom. The highest BCUT2D eigenvalue weighted by Crippen LogP contribution is 2.28. The Morgan fingerprint density at radius 3 is 2.80 bits per heavy atom. The number of carbonyl (C=O) groups excluding carboxylic acids is 3. The van der Waals surface area contributed by atoms with Gasteiger partial charge in [0.05, 0.1) is 24.4 Å². The first-order valence-corrected chi connectivity index (χ1v) is 8.17. The molecular weight excluding hydrogens is 322 g/mol. The molecule has 2 amide bonds. The summed E-state index contributed by atoms with van der Waals surface area (Å²) in [4.78, 5) is 37.5. The van der Waals surface area contributed by atoms with Crippen molar-refractivity contribution in [1.29, 1.82) is 5.26 Å². The fourth-order valence-corrected chi connectivity index (χ4v) is 2.74. The van der Waals surface area contributed by atoms with Crippen LogP contribution in [0.5, 0.6) is 0 Å². The Kier molecular flexibility index (Phi) is 6.52. The first-order valence-electron chi connectivity index (χ1n) is 8.17. The van der Waals surface area contributed by atoms with E-state index in [0.717, 1.165) is 5.56 Å². The summed E-state index contributed by atoms with van der Waals surface area (Å²) in [7, 11) is 0. The van der Waals surface area contributed by atoms with Crippen LogP contribution in [-0.4, -0.2) is 42.4 Å². The van der Waals surface area contributed by atoms with E-state index in [2.05, 4.69) is 5.32 Å². The van der Waals surface area contributed by atoms with Crippen molar-refractivity contribution >= 4 is 17.8 Å². The minimum atomic E-state index is -0.564. The number of likely N-dealkylation sites (tertiary alicyclic amines) is 1. The van der Waals surface area contributed by atoms with Gasteiger partial charge in [-0.05, 0) is 12.5 Å². The van der Waals surface area contributed by atoms with Crippen molar-refractivity contribution in [1.82, 2.24) is 10.2 Å². The number of ether oxygens (including phenoxy) is 1. The molecular formula is C18H21N3O4. The highest BCUT2D eigenvalue weighted by Gasteiger charge is 2.38. The summed E-state index contributed by atoms with van der Waals surface area (Å²) >= 11 is 0. The smallest absolute Gasteiger partial charge is 0.311 e. The Morgan fingerprint density at radius 1 is 1.40 bits per heavy atom. The maximum Gasteiger partial charge on any atom is 0.311 e. The highest BCUT2D eigenvalue weighted by molar-refractivity contribution is 5.88. The average Bonchev–Trinajstić information content (AvgIpc) is 3.02. The molecule has 0 spiro atoms. The van der Waals surface area contributed by atoms with E-state index in [4.69, 9.17) is 10.00 Å². The van der Waals surface area contributed by atoms with Gasteiger partial charge in [-0.3, -0.25) is 14.4 Å². The van der Waals surface area contributed by atoms with Crippen molar-refractivity contribution in [3.63, 3.8) is 0 Å². The van der Waals surface area contributed by atoms with Crippen LogP contribution in [-0.2, 0) is 19.1 Å². The van der Waals surface area contributed by atoms with Crippen molar-refractivity contribution in [3.05, 3.63) is 35.9 Å². The minimum Gasteiger partial charge on any atom is -0.455 e. The van der Waals surface area contributed by atoms with E-state index in [0.29, 0.717) is 0 Å². The summed E-state index contributed by atoms with van der Waals surface area (Å²) in [5, 5.41) is 10.9. The van der Waals surface area contributed by atoms with E-state index in [-0.39, 0.29) is 37.9 Å².